The Hall–Kier alpha value is -1.51. The van der Waals surface area contributed by atoms with Crippen molar-refractivity contribution >= 4 is 28.9 Å². The van der Waals surface area contributed by atoms with Gasteiger partial charge in [0, 0.05) is 10.9 Å². The molecule has 2 aromatic carbocycles. The third kappa shape index (κ3) is 3.99. The maximum atomic E-state index is 5.88. The molecule has 104 valence electrons. The highest BCUT2D eigenvalue weighted by atomic mass is 35.5. The van der Waals surface area contributed by atoms with Crippen LogP contribution < -0.4 is 0 Å². The Kier molecular flexibility index (Phi) is 5.45. The van der Waals surface area contributed by atoms with Crippen LogP contribution in [0.5, 0.6) is 0 Å². The maximum absolute atomic E-state index is 5.88. The molecular formula is C16H15Cl2NO. The summed E-state index contributed by atoms with van der Waals surface area (Å²) >= 11 is 11.7. The smallest absolute Gasteiger partial charge is 0.142 e. The largest absolute Gasteiger partial charge is 0.391 e. The summed E-state index contributed by atoms with van der Waals surface area (Å²) in [6.07, 6.45) is 0. The van der Waals surface area contributed by atoms with Gasteiger partial charge in [0.05, 0.1) is 5.71 Å². The van der Waals surface area contributed by atoms with Crippen LogP contribution >= 0.6 is 23.2 Å². The lowest BCUT2D eigenvalue weighted by molar-refractivity contribution is 0.130. The number of rotatable bonds is 5. The summed E-state index contributed by atoms with van der Waals surface area (Å²) in [5, 5.41) is 4.83. The molecule has 2 rings (SSSR count). The zero-order valence-corrected chi connectivity index (χ0v) is 12.7. The van der Waals surface area contributed by atoms with E-state index in [1.165, 1.54) is 0 Å². The topological polar surface area (TPSA) is 21.6 Å². The Morgan fingerprint density at radius 1 is 1.05 bits per heavy atom. The quantitative estimate of drug-likeness (QED) is 0.432. The molecule has 0 amide bonds. The fraction of sp³-hybridized carbons (Fsp3) is 0.188. The number of halogens is 2. The van der Waals surface area contributed by atoms with Crippen molar-refractivity contribution in [2.75, 3.05) is 0 Å². The van der Waals surface area contributed by atoms with Crippen LogP contribution in [-0.2, 0) is 17.3 Å². The van der Waals surface area contributed by atoms with E-state index in [1.54, 1.807) is 0 Å². The SMILES string of the molecule is CC(=NOCc1ccccc1CCl)c1ccc(Cl)cc1. The predicted octanol–water partition coefficient (Wildman–Crippen LogP) is 5.02. The molecule has 4 heteroatoms. The van der Waals surface area contributed by atoms with Crippen molar-refractivity contribution in [3.05, 3.63) is 70.2 Å². The molecule has 0 aliphatic heterocycles. The van der Waals surface area contributed by atoms with Crippen molar-refractivity contribution in [1.82, 2.24) is 0 Å². The van der Waals surface area contributed by atoms with Gasteiger partial charge in [-0.15, -0.1) is 11.6 Å². The molecule has 0 heterocycles. The van der Waals surface area contributed by atoms with Gasteiger partial charge in [0.15, 0.2) is 0 Å². The molecule has 0 radical (unpaired) electrons. The van der Waals surface area contributed by atoms with E-state index in [-0.39, 0.29) is 0 Å². The molecule has 0 fully saturated rings. The van der Waals surface area contributed by atoms with Gasteiger partial charge >= 0.3 is 0 Å². The van der Waals surface area contributed by atoms with Crippen LogP contribution in [-0.4, -0.2) is 5.71 Å². The highest BCUT2D eigenvalue weighted by molar-refractivity contribution is 6.30. The summed E-state index contributed by atoms with van der Waals surface area (Å²) in [5.74, 6) is 0.472. The maximum Gasteiger partial charge on any atom is 0.142 e. The Bertz CT molecular complexity index is 594. The van der Waals surface area contributed by atoms with E-state index in [0.29, 0.717) is 17.5 Å². The number of oxime groups is 1. The van der Waals surface area contributed by atoms with Gasteiger partial charge in [-0.05, 0) is 35.7 Å². The van der Waals surface area contributed by atoms with Crippen LogP contribution in [0, 0.1) is 0 Å². The van der Waals surface area contributed by atoms with Crippen molar-refractivity contribution in [2.45, 2.75) is 19.4 Å². The average molecular weight is 308 g/mol. The lowest BCUT2D eigenvalue weighted by Crippen LogP contribution is -1.98. The van der Waals surface area contributed by atoms with Gasteiger partial charge in [-0.1, -0.05) is 53.2 Å². The minimum absolute atomic E-state index is 0.411. The van der Waals surface area contributed by atoms with Gasteiger partial charge in [0.25, 0.3) is 0 Å². The van der Waals surface area contributed by atoms with Crippen LogP contribution in [0.4, 0.5) is 0 Å². The number of alkyl halides is 1. The van der Waals surface area contributed by atoms with Crippen LogP contribution in [0.3, 0.4) is 0 Å². The Balaban J connectivity index is 2.00. The first-order valence-electron chi connectivity index (χ1n) is 6.26. The van der Waals surface area contributed by atoms with Gasteiger partial charge in [-0.2, -0.15) is 0 Å². The first-order chi connectivity index (χ1) is 9.70. The summed E-state index contributed by atoms with van der Waals surface area (Å²) < 4.78 is 0. The number of hydrogen-bond donors (Lipinski definition) is 0. The first kappa shape index (κ1) is 14.9. The molecule has 2 aromatic rings. The molecular weight excluding hydrogens is 293 g/mol. The van der Waals surface area contributed by atoms with E-state index in [1.807, 2.05) is 55.5 Å². The molecule has 0 N–H and O–H groups in total. The summed E-state index contributed by atoms with van der Waals surface area (Å²) in [6.45, 7) is 2.31. The molecule has 0 aromatic heterocycles. The number of hydrogen-bond acceptors (Lipinski definition) is 2. The summed E-state index contributed by atoms with van der Waals surface area (Å²) in [4.78, 5) is 5.40. The summed E-state index contributed by atoms with van der Waals surface area (Å²) in [7, 11) is 0. The third-order valence-electron chi connectivity index (χ3n) is 2.95. The lowest BCUT2D eigenvalue weighted by atomic mass is 10.1. The van der Waals surface area contributed by atoms with Crippen LogP contribution in [0.1, 0.15) is 23.6 Å². The zero-order chi connectivity index (χ0) is 14.4. The molecule has 0 atom stereocenters. The Morgan fingerprint density at radius 2 is 1.70 bits per heavy atom. The standard InChI is InChI=1S/C16H15Cl2NO/c1-12(13-6-8-16(18)9-7-13)19-20-11-15-5-3-2-4-14(15)10-17/h2-9H,10-11H2,1H3. The van der Waals surface area contributed by atoms with Gasteiger partial charge in [0.2, 0.25) is 0 Å². The average Bonchev–Trinajstić information content (AvgIpc) is 2.48. The lowest BCUT2D eigenvalue weighted by Gasteiger charge is -2.06. The Labute approximate surface area is 129 Å². The first-order valence-corrected chi connectivity index (χ1v) is 7.17. The number of nitrogens with zero attached hydrogens (tertiary/aromatic N) is 1. The molecule has 0 spiro atoms. The van der Waals surface area contributed by atoms with E-state index in [9.17, 15) is 0 Å². The zero-order valence-electron chi connectivity index (χ0n) is 11.1. The minimum Gasteiger partial charge on any atom is -0.391 e. The number of benzene rings is 2. The van der Waals surface area contributed by atoms with Crippen LogP contribution in [0.2, 0.25) is 5.02 Å². The van der Waals surface area contributed by atoms with Crippen molar-refractivity contribution < 1.29 is 4.84 Å². The highest BCUT2D eigenvalue weighted by Gasteiger charge is 2.01. The van der Waals surface area contributed by atoms with E-state index < -0.39 is 0 Å². The van der Waals surface area contributed by atoms with Crippen molar-refractivity contribution in [3.8, 4) is 0 Å². The molecule has 2 nitrogen and oxygen atoms in total. The fourth-order valence-electron chi connectivity index (χ4n) is 1.77. The van der Waals surface area contributed by atoms with E-state index in [4.69, 9.17) is 28.0 Å². The van der Waals surface area contributed by atoms with Gasteiger partial charge in [-0.25, -0.2) is 0 Å². The monoisotopic (exact) mass is 307 g/mol. The molecule has 0 bridgehead atoms. The normalized spacial score (nSPS) is 11.4. The van der Waals surface area contributed by atoms with Crippen LogP contribution in [0.15, 0.2) is 53.7 Å². The molecule has 0 aliphatic carbocycles. The second-order valence-corrected chi connectivity index (χ2v) is 5.06. The van der Waals surface area contributed by atoms with Crippen molar-refractivity contribution in [2.24, 2.45) is 5.16 Å². The van der Waals surface area contributed by atoms with E-state index in [0.717, 1.165) is 22.4 Å². The van der Waals surface area contributed by atoms with Crippen LogP contribution in [0.25, 0.3) is 0 Å². The van der Waals surface area contributed by atoms with Crippen molar-refractivity contribution in [3.63, 3.8) is 0 Å². The fourth-order valence-corrected chi connectivity index (χ4v) is 2.16. The predicted molar refractivity (Wildman–Crippen MR) is 84.5 cm³/mol. The van der Waals surface area contributed by atoms with Gasteiger partial charge in [0.1, 0.15) is 6.61 Å². The molecule has 0 unspecified atom stereocenters. The second kappa shape index (κ2) is 7.32. The molecule has 0 saturated heterocycles. The minimum atomic E-state index is 0.411. The molecule has 0 saturated carbocycles. The van der Waals surface area contributed by atoms with Gasteiger partial charge in [-0.3, -0.25) is 0 Å². The van der Waals surface area contributed by atoms with E-state index >= 15 is 0 Å². The summed E-state index contributed by atoms with van der Waals surface area (Å²) in [6, 6.07) is 15.4. The Morgan fingerprint density at radius 3 is 2.35 bits per heavy atom. The van der Waals surface area contributed by atoms with Gasteiger partial charge < -0.3 is 4.84 Å². The van der Waals surface area contributed by atoms with Crippen molar-refractivity contribution in [1.29, 1.82) is 0 Å². The summed E-state index contributed by atoms with van der Waals surface area (Å²) in [5.41, 5.74) is 3.91. The molecule has 0 aliphatic rings. The highest BCUT2D eigenvalue weighted by Crippen LogP contribution is 2.14. The molecule has 20 heavy (non-hydrogen) atoms. The van der Waals surface area contributed by atoms with E-state index in [2.05, 4.69) is 5.16 Å². The second-order valence-electron chi connectivity index (χ2n) is 4.36. The third-order valence-corrected chi connectivity index (χ3v) is 3.49.